The van der Waals surface area contributed by atoms with Gasteiger partial charge in [0.05, 0.1) is 21.2 Å². The van der Waals surface area contributed by atoms with Crippen LogP contribution in [-0.4, -0.2) is 29.8 Å². The number of carbonyl (C=O) groups excluding carboxylic acids is 2. The van der Waals surface area contributed by atoms with E-state index >= 15 is 0 Å². The maximum Gasteiger partial charge on any atom is 0.324 e. The number of piperidine rings is 1. The maximum atomic E-state index is 12.5. The van der Waals surface area contributed by atoms with E-state index in [-0.39, 0.29) is 9.88 Å². The molecule has 1 aliphatic rings. The molecular weight excluding hydrogens is 356 g/mol. The van der Waals surface area contributed by atoms with Crippen LogP contribution in [-0.2, 0) is 0 Å². The van der Waals surface area contributed by atoms with Gasteiger partial charge in [0.2, 0.25) is 5.91 Å². The Morgan fingerprint density at radius 1 is 1.15 bits per heavy atom. The lowest BCUT2D eigenvalue weighted by molar-refractivity contribution is -0.380. The summed E-state index contributed by atoms with van der Waals surface area (Å²) in [6, 6.07) is 7.67. The number of hydrogen-bond acceptors (Lipinski definition) is 6. The van der Waals surface area contributed by atoms with Crippen LogP contribution in [0.25, 0.3) is 0 Å². The number of primary amides is 1. The average Bonchev–Trinajstić information content (AvgIpc) is 3.13. The smallest absolute Gasteiger partial charge is 0.324 e. The summed E-state index contributed by atoms with van der Waals surface area (Å²) < 4.78 is 0. The number of anilines is 2. The van der Waals surface area contributed by atoms with Crippen LogP contribution in [0.15, 0.2) is 30.3 Å². The molecule has 1 aromatic carbocycles. The Bertz CT molecular complexity index is 858. The fourth-order valence-corrected chi connectivity index (χ4v) is 3.65. The second-order valence-corrected chi connectivity index (χ2v) is 7.06. The highest BCUT2D eigenvalue weighted by atomic mass is 32.1. The molecule has 1 aliphatic heterocycles. The van der Waals surface area contributed by atoms with Gasteiger partial charge in [0.1, 0.15) is 0 Å². The molecule has 0 radical (unpaired) electrons. The van der Waals surface area contributed by atoms with Gasteiger partial charge in [-0.05, 0) is 43.5 Å². The summed E-state index contributed by atoms with van der Waals surface area (Å²) in [4.78, 5) is 36.7. The van der Waals surface area contributed by atoms with Crippen LogP contribution in [0.3, 0.4) is 0 Å². The molecule has 0 saturated carbocycles. The van der Waals surface area contributed by atoms with Crippen molar-refractivity contribution in [2.24, 2.45) is 5.73 Å². The van der Waals surface area contributed by atoms with Gasteiger partial charge in [0.25, 0.3) is 5.91 Å². The van der Waals surface area contributed by atoms with Crippen LogP contribution in [0.2, 0.25) is 0 Å². The molecule has 0 spiro atoms. The Morgan fingerprint density at radius 2 is 1.88 bits per heavy atom. The third-order valence-electron chi connectivity index (χ3n) is 4.22. The molecule has 0 bridgehead atoms. The molecule has 2 heterocycles. The number of nitro groups is 1. The van der Waals surface area contributed by atoms with Crippen molar-refractivity contribution in [3.63, 3.8) is 0 Å². The van der Waals surface area contributed by atoms with Gasteiger partial charge in [-0.25, -0.2) is 0 Å². The van der Waals surface area contributed by atoms with Gasteiger partial charge >= 0.3 is 5.00 Å². The van der Waals surface area contributed by atoms with Crippen LogP contribution < -0.4 is 16.0 Å². The SMILES string of the molecule is NC(=O)c1ccc(N2CCCCC2)c(NC(=O)c2ccc([N+](=O)[O-])s2)c1. The summed E-state index contributed by atoms with van der Waals surface area (Å²) in [7, 11) is 0. The molecule has 0 aliphatic carbocycles. The first kappa shape index (κ1) is 17.9. The van der Waals surface area contributed by atoms with Crippen LogP contribution in [0, 0.1) is 10.1 Å². The number of carbonyl (C=O) groups is 2. The normalized spacial score (nSPS) is 14.1. The summed E-state index contributed by atoms with van der Waals surface area (Å²) in [5, 5.41) is 13.5. The highest BCUT2D eigenvalue weighted by molar-refractivity contribution is 7.17. The van der Waals surface area contributed by atoms with E-state index in [0.29, 0.717) is 11.3 Å². The number of amides is 2. The van der Waals surface area contributed by atoms with E-state index in [0.717, 1.165) is 49.4 Å². The number of hydrogen-bond donors (Lipinski definition) is 2. The van der Waals surface area contributed by atoms with Crippen molar-refractivity contribution in [2.75, 3.05) is 23.3 Å². The van der Waals surface area contributed by atoms with Crippen molar-refractivity contribution in [3.8, 4) is 0 Å². The summed E-state index contributed by atoms with van der Waals surface area (Å²) in [6.45, 7) is 1.73. The molecule has 2 aromatic rings. The second-order valence-electron chi connectivity index (χ2n) is 5.99. The van der Waals surface area contributed by atoms with Crippen LogP contribution in [0.4, 0.5) is 16.4 Å². The highest BCUT2D eigenvalue weighted by Gasteiger charge is 2.20. The van der Waals surface area contributed by atoms with Gasteiger partial charge in [-0.3, -0.25) is 19.7 Å². The summed E-state index contributed by atoms with van der Waals surface area (Å²) >= 11 is 0.804. The van der Waals surface area contributed by atoms with Crippen molar-refractivity contribution in [3.05, 3.63) is 50.9 Å². The average molecular weight is 374 g/mol. The maximum absolute atomic E-state index is 12.5. The third-order valence-corrected chi connectivity index (χ3v) is 5.26. The minimum absolute atomic E-state index is 0.0997. The van der Waals surface area contributed by atoms with Crippen molar-refractivity contribution in [2.45, 2.75) is 19.3 Å². The largest absolute Gasteiger partial charge is 0.370 e. The molecule has 1 saturated heterocycles. The molecular formula is C17H18N4O4S. The predicted octanol–water partition coefficient (Wildman–Crippen LogP) is 3.00. The molecule has 9 heteroatoms. The summed E-state index contributed by atoms with van der Waals surface area (Å²) in [6.07, 6.45) is 3.28. The topological polar surface area (TPSA) is 119 Å². The van der Waals surface area contributed by atoms with E-state index in [1.807, 2.05) is 0 Å². The first-order chi connectivity index (χ1) is 12.5. The Balaban J connectivity index is 1.90. The Hall–Kier alpha value is -2.94. The standard InChI is InChI=1S/C17H18N4O4S/c18-16(22)11-4-5-13(20-8-2-1-3-9-20)12(10-11)19-17(23)14-6-7-15(26-14)21(24)25/h4-7,10H,1-3,8-9H2,(H2,18,22)(H,19,23). The first-order valence-corrected chi connectivity index (χ1v) is 9.02. The molecule has 3 rings (SSSR count). The summed E-state index contributed by atoms with van der Waals surface area (Å²) in [5.41, 5.74) is 6.93. The van der Waals surface area contributed by atoms with Crippen LogP contribution in [0.1, 0.15) is 39.3 Å². The molecule has 8 nitrogen and oxygen atoms in total. The minimum atomic E-state index is -0.586. The predicted molar refractivity (Wildman–Crippen MR) is 100.0 cm³/mol. The van der Waals surface area contributed by atoms with E-state index < -0.39 is 16.7 Å². The molecule has 0 unspecified atom stereocenters. The Morgan fingerprint density at radius 3 is 2.50 bits per heavy atom. The second kappa shape index (κ2) is 7.52. The van der Waals surface area contributed by atoms with Crippen molar-refractivity contribution >= 4 is 39.5 Å². The van der Waals surface area contributed by atoms with Gasteiger partial charge in [0, 0.05) is 24.7 Å². The van der Waals surface area contributed by atoms with Gasteiger partial charge in [0.15, 0.2) is 0 Å². The number of nitrogens with one attached hydrogen (secondary N) is 1. The Labute approximate surface area is 153 Å². The van der Waals surface area contributed by atoms with Crippen LogP contribution >= 0.6 is 11.3 Å². The quantitative estimate of drug-likeness (QED) is 0.616. The number of benzene rings is 1. The third kappa shape index (κ3) is 3.83. The monoisotopic (exact) mass is 374 g/mol. The fraction of sp³-hybridized carbons (Fsp3) is 0.294. The zero-order chi connectivity index (χ0) is 18.7. The lowest BCUT2D eigenvalue weighted by atomic mass is 10.1. The molecule has 1 aromatic heterocycles. The van der Waals surface area contributed by atoms with E-state index in [4.69, 9.17) is 5.73 Å². The zero-order valence-corrected chi connectivity index (χ0v) is 14.8. The van der Waals surface area contributed by atoms with Crippen LogP contribution in [0.5, 0.6) is 0 Å². The van der Waals surface area contributed by atoms with Gasteiger partial charge < -0.3 is 16.0 Å². The van der Waals surface area contributed by atoms with Gasteiger partial charge in [-0.15, -0.1) is 0 Å². The number of thiophene rings is 1. The van der Waals surface area contributed by atoms with E-state index in [1.54, 1.807) is 18.2 Å². The summed E-state index contributed by atoms with van der Waals surface area (Å²) in [5.74, 6) is -1.04. The van der Waals surface area contributed by atoms with Gasteiger partial charge in [-0.1, -0.05) is 11.3 Å². The fourth-order valence-electron chi connectivity index (χ4n) is 2.93. The first-order valence-electron chi connectivity index (χ1n) is 8.20. The van der Waals surface area contributed by atoms with Crippen molar-refractivity contribution in [1.82, 2.24) is 0 Å². The molecule has 2 amide bonds. The van der Waals surface area contributed by atoms with E-state index in [2.05, 4.69) is 10.2 Å². The van der Waals surface area contributed by atoms with Crippen molar-refractivity contribution < 1.29 is 14.5 Å². The van der Waals surface area contributed by atoms with E-state index in [1.165, 1.54) is 12.1 Å². The Kier molecular flexibility index (Phi) is 5.17. The number of nitrogens with two attached hydrogens (primary N) is 1. The molecule has 136 valence electrons. The zero-order valence-electron chi connectivity index (χ0n) is 13.9. The number of nitrogens with zero attached hydrogens (tertiary/aromatic N) is 2. The molecule has 0 atom stereocenters. The highest BCUT2D eigenvalue weighted by Crippen LogP contribution is 2.31. The van der Waals surface area contributed by atoms with Crippen molar-refractivity contribution in [1.29, 1.82) is 0 Å². The molecule has 3 N–H and O–H groups in total. The molecule has 1 fully saturated rings. The lowest BCUT2D eigenvalue weighted by Crippen LogP contribution is -2.30. The molecule has 26 heavy (non-hydrogen) atoms. The van der Waals surface area contributed by atoms with E-state index in [9.17, 15) is 19.7 Å². The van der Waals surface area contributed by atoms with Gasteiger partial charge in [-0.2, -0.15) is 0 Å². The number of rotatable bonds is 5. The minimum Gasteiger partial charge on any atom is -0.370 e. The lowest BCUT2D eigenvalue weighted by Gasteiger charge is -2.30.